The fourth-order valence-corrected chi connectivity index (χ4v) is 1.88. The molecule has 2 atom stereocenters. The Labute approximate surface area is 69.8 Å². The Hall–Kier alpha value is -0.0400. The van der Waals surface area contributed by atoms with Crippen LogP contribution in [0.3, 0.4) is 0 Å². The molecule has 2 unspecified atom stereocenters. The summed E-state index contributed by atoms with van der Waals surface area (Å²) in [5.41, 5.74) is -0.296. The van der Waals surface area contributed by atoms with Gasteiger partial charge < -0.3 is 5.11 Å². The SMILES string of the molecule is CCC(C)C(C)C1(O)CCC1. The van der Waals surface area contributed by atoms with Gasteiger partial charge in [-0.2, -0.15) is 0 Å². The molecule has 0 radical (unpaired) electrons. The van der Waals surface area contributed by atoms with Crippen molar-refractivity contribution in [2.75, 3.05) is 0 Å². The largest absolute Gasteiger partial charge is 0.390 e. The maximum absolute atomic E-state index is 9.98. The van der Waals surface area contributed by atoms with Crippen LogP contribution in [-0.4, -0.2) is 10.7 Å². The van der Waals surface area contributed by atoms with Gasteiger partial charge in [-0.3, -0.25) is 0 Å². The van der Waals surface area contributed by atoms with E-state index < -0.39 is 0 Å². The summed E-state index contributed by atoms with van der Waals surface area (Å²) in [5.74, 6) is 1.15. The molecule has 0 saturated heterocycles. The summed E-state index contributed by atoms with van der Waals surface area (Å²) in [6, 6.07) is 0. The molecular formula is C10H20O. The third-order valence-electron chi connectivity index (χ3n) is 3.56. The van der Waals surface area contributed by atoms with Crippen LogP contribution in [0.2, 0.25) is 0 Å². The Bertz CT molecular complexity index is 127. The van der Waals surface area contributed by atoms with E-state index in [0.717, 1.165) is 12.8 Å². The first-order valence-corrected chi connectivity index (χ1v) is 4.82. The molecule has 1 nitrogen and oxygen atoms in total. The molecule has 1 aliphatic carbocycles. The fourth-order valence-electron chi connectivity index (χ4n) is 1.88. The molecule has 1 aliphatic rings. The maximum atomic E-state index is 9.98. The van der Waals surface area contributed by atoms with Gasteiger partial charge in [0.15, 0.2) is 0 Å². The van der Waals surface area contributed by atoms with E-state index in [1.165, 1.54) is 12.8 Å². The van der Waals surface area contributed by atoms with Crippen molar-refractivity contribution in [3.63, 3.8) is 0 Å². The first kappa shape index (κ1) is 9.05. The number of rotatable bonds is 3. The van der Waals surface area contributed by atoms with Crippen molar-refractivity contribution in [3.05, 3.63) is 0 Å². The molecular weight excluding hydrogens is 136 g/mol. The Morgan fingerprint density at radius 1 is 1.36 bits per heavy atom. The smallest absolute Gasteiger partial charge is 0.0675 e. The second-order valence-corrected chi connectivity index (χ2v) is 4.13. The molecule has 11 heavy (non-hydrogen) atoms. The molecule has 0 aromatic heterocycles. The van der Waals surface area contributed by atoms with E-state index in [0.29, 0.717) is 11.8 Å². The molecule has 1 N–H and O–H groups in total. The number of hydrogen-bond acceptors (Lipinski definition) is 1. The second-order valence-electron chi connectivity index (χ2n) is 4.13. The van der Waals surface area contributed by atoms with Gasteiger partial charge in [-0.15, -0.1) is 0 Å². The molecule has 0 aliphatic heterocycles. The Morgan fingerprint density at radius 3 is 2.18 bits per heavy atom. The number of aliphatic hydroxyl groups is 1. The van der Waals surface area contributed by atoms with Crippen molar-refractivity contribution < 1.29 is 5.11 Å². The highest BCUT2D eigenvalue weighted by molar-refractivity contribution is 4.93. The summed E-state index contributed by atoms with van der Waals surface area (Å²) in [5, 5.41) is 9.98. The topological polar surface area (TPSA) is 20.2 Å². The average molecular weight is 156 g/mol. The van der Waals surface area contributed by atoms with Gasteiger partial charge in [0.2, 0.25) is 0 Å². The lowest BCUT2D eigenvalue weighted by Crippen LogP contribution is -2.45. The van der Waals surface area contributed by atoms with Crippen molar-refractivity contribution in [1.82, 2.24) is 0 Å². The zero-order chi connectivity index (χ0) is 8.48. The Kier molecular flexibility index (Phi) is 2.58. The Morgan fingerprint density at radius 2 is 1.91 bits per heavy atom. The molecule has 1 fully saturated rings. The molecule has 0 aromatic carbocycles. The minimum atomic E-state index is -0.296. The van der Waals surface area contributed by atoms with Crippen molar-refractivity contribution >= 4 is 0 Å². The lowest BCUT2D eigenvalue weighted by molar-refractivity contribution is -0.0938. The van der Waals surface area contributed by atoms with Crippen LogP contribution in [0.5, 0.6) is 0 Å². The van der Waals surface area contributed by atoms with E-state index >= 15 is 0 Å². The summed E-state index contributed by atoms with van der Waals surface area (Å²) < 4.78 is 0. The maximum Gasteiger partial charge on any atom is 0.0675 e. The predicted molar refractivity (Wildman–Crippen MR) is 47.4 cm³/mol. The molecule has 66 valence electrons. The van der Waals surface area contributed by atoms with Gasteiger partial charge in [-0.1, -0.05) is 27.2 Å². The van der Waals surface area contributed by atoms with Gasteiger partial charge in [-0.05, 0) is 31.1 Å². The Balaban J connectivity index is 2.45. The summed E-state index contributed by atoms with van der Waals surface area (Å²) in [7, 11) is 0. The number of hydrogen-bond donors (Lipinski definition) is 1. The zero-order valence-electron chi connectivity index (χ0n) is 7.93. The van der Waals surface area contributed by atoms with Gasteiger partial charge in [0.1, 0.15) is 0 Å². The van der Waals surface area contributed by atoms with Crippen LogP contribution in [0.4, 0.5) is 0 Å². The highest BCUT2D eigenvalue weighted by Gasteiger charge is 2.41. The molecule has 0 bridgehead atoms. The fraction of sp³-hybridized carbons (Fsp3) is 1.00. The molecule has 0 aromatic rings. The van der Waals surface area contributed by atoms with E-state index in [1.807, 2.05) is 0 Å². The van der Waals surface area contributed by atoms with E-state index in [2.05, 4.69) is 20.8 Å². The lowest BCUT2D eigenvalue weighted by Gasteiger charge is -2.44. The predicted octanol–water partition coefficient (Wildman–Crippen LogP) is 2.58. The van der Waals surface area contributed by atoms with Crippen LogP contribution in [-0.2, 0) is 0 Å². The quantitative estimate of drug-likeness (QED) is 0.666. The average Bonchev–Trinajstić information content (AvgIpc) is 1.97. The third kappa shape index (κ3) is 1.58. The summed E-state index contributed by atoms with van der Waals surface area (Å²) in [6.45, 7) is 6.62. The van der Waals surface area contributed by atoms with Crippen molar-refractivity contribution in [1.29, 1.82) is 0 Å². The van der Waals surface area contributed by atoms with Crippen LogP contribution in [0.1, 0.15) is 46.5 Å². The zero-order valence-corrected chi connectivity index (χ0v) is 7.93. The normalized spacial score (nSPS) is 27.3. The minimum Gasteiger partial charge on any atom is -0.390 e. The third-order valence-corrected chi connectivity index (χ3v) is 3.56. The lowest BCUT2D eigenvalue weighted by atomic mass is 9.67. The van der Waals surface area contributed by atoms with E-state index in [1.54, 1.807) is 0 Å². The van der Waals surface area contributed by atoms with E-state index in [4.69, 9.17) is 0 Å². The molecule has 1 rings (SSSR count). The minimum absolute atomic E-state index is 0.296. The van der Waals surface area contributed by atoms with Crippen LogP contribution in [0, 0.1) is 11.8 Å². The van der Waals surface area contributed by atoms with Crippen molar-refractivity contribution in [3.8, 4) is 0 Å². The van der Waals surface area contributed by atoms with Gasteiger partial charge >= 0.3 is 0 Å². The van der Waals surface area contributed by atoms with Crippen LogP contribution in [0.15, 0.2) is 0 Å². The summed E-state index contributed by atoms with van der Waals surface area (Å²) in [4.78, 5) is 0. The first-order valence-electron chi connectivity index (χ1n) is 4.82. The van der Waals surface area contributed by atoms with Gasteiger partial charge in [0.25, 0.3) is 0 Å². The monoisotopic (exact) mass is 156 g/mol. The molecule has 0 amide bonds. The summed E-state index contributed by atoms with van der Waals surface area (Å²) >= 11 is 0. The van der Waals surface area contributed by atoms with E-state index in [9.17, 15) is 5.11 Å². The highest BCUT2D eigenvalue weighted by Crippen LogP contribution is 2.41. The molecule has 1 saturated carbocycles. The molecule has 0 spiro atoms. The standard InChI is InChI=1S/C10H20O/c1-4-8(2)9(3)10(11)6-5-7-10/h8-9,11H,4-7H2,1-3H3. The molecule has 0 heterocycles. The van der Waals surface area contributed by atoms with Gasteiger partial charge in [0.05, 0.1) is 5.60 Å². The molecule has 1 heteroatoms. The highest BCUT2D eigenvalue weighted by atomic mass is 16.3. The van der Waals surface area contributed by atoms with Crippen LogP contribution in [0.25, 0.3) is 0 Å². The van der Waals surface area contributed by atoms with E-state index in [-0.39, 0.29) is 5.60 Å². The second kappa shape index (κ2) is 3.14. The first-order chi connectivity index (χ1) is 5.10. The van der Waals surface area contributed by atoms with Crippen molar-refractivity contribution in [2.45, 2.75) is 52.1 Å². The van der Waals surface area contributed by atoms with Crippen LogP contribution < -0.4 is 0 Å². The van der Waals surface area contributed by atoms with Crippen molar-refractivity contribution in [2.24, 2.45) is 11.8 Å². The van der Waals surface area contributed by atoms with Crippen LogP contribution >= 0.6 is 0 Å². The van der Waals surface area contributed by atoms with Gasteiger partial charge in [0, 0.05) is 0 Å². The summed E-state index contributed by atoms with van der Waals surface area (Å²) in [6.07, 6.45) is 4.46. The van der Waals surface area contributed by atoms with Gasteiger partial charge in [-0.25, -0.2) is 0 Å².